The smallest absolute Gasteiger partial charge is 0.134 e. The quantitative estimate of drug-likeness (QED) is 0.835. The zero-order valence-corrected chi connectivity index (χ0v) is 10.8. The predicted octanol–water partition coefficient (Wildman–Crippen LogP) is 0.782. The summed E-state index contributed by atoms with van der Waals surface area (Å²) in [6, 6.07) is 0. The zero-order chi connectivity index (χ0) is 11.8. The average molecular weight is 254 g/mol. The molecule has 3 unspecified atom stereocenters. The van der Waals surface area contributed by atoms with Gasteiger partial charge < -0.3 is 10.4 Å². The Balaban J connectivity index is 1.64. The molecule has 17 heavy (non-hydrogen) atoms. The molecule has 2 heterocycles. The van der Waals surface area contributed by atoms with Crippen molar-refractivity contribution in [1.82, 2.24) is 14.5 Å². The summed E-state index contributed by atoms with van der Waals surface area (Å²) in [5, 5.41) is 18.2. The lowest BCUT2D eigenvalue weighted by molar-refractivity contribution is 0.123. The minimum atomic E-state index is -0.0812. The van der Waals surface area contributed by atoms with E-state index >= 15 is 0 Å². The van der Waals surface area contributed by atoms with Crippen LogP contribution in [-0.4, -0.2) is 45.8 Å². The normalized spacial score (nSPS) is 32.9. The van der Waals surface area contributed by atoms with Gasteiger partial charge in [0.25, 0.3) is 0 Å². The number of hydrogen-bond donors (Lipinski definition) is 2. The predicted molar refractivity (Wildman–Crippen MR) is 67.0 cm³/mol. The van der Waals surface area contributed by atoms with E-state index in [1.807, 2.05) is 7.05 Å². The Bertz CT molecular complexity index is 397. The van der Waals surface area contributed by atoms with E-state index in [1.165, 1.54) is 18.0 Å². The summed E-state index contributed by atoms with van der Waals surface area (Å²) >= 11 is 1.41. The summed E-state index contributed by atoms with van der Waals surface area (Å²) in [4.78, 5) is 2.40. The summed E-state index contributed by atoms with van der Waals surface area (Å²) in [6.45, 7) is 2.96. The van der Waals surface area contributed by atoms with E-state index in [4.69, 9.17) is 0 Å². The van der Waals surface area contributed by atoms with E-state index in [0.29, 0.717) is 11.8 Å². The maximum Gasteiger partial charge on any atom is 0.134 e. The first-order valence-corrected chi connectivity index (χ1v) is 6.94. The highest BCUT2D eigenvalue weighted by Gasteiger charge is 2.41. The van der Waals surface area contributed by atoms with Crippen LogP contribution in [0.1, 0.15) is 18.5 Å². The Kier molecular flexibility index (Phi) is 3.02. The minimum Gasteiger partial charge on any atom is -0.393 e. The van der Waals surface area contributed by atoms with Crippen molar-refractivity contribution in [3.63, 3.8) is 0 Å². The van der Waals surface area contributed by atoms with Crippen LogP contribution in [0, 0.1) is 11.8 Å². The molecule has 5 nitrogen and oxygen atoms in total. The Hall–Kier alpha value is -0.720. The summed E-state index contributed by atoms with van der Waals surface area (Å²) in [6.07, 6.45) is 2.09. The highest BCUT2D eigenvalue weighted by Crippen LogP contribution is 2.38. The number of likely N-dealkylation sites (tertiary alicyclic amines) is 1. The molecule has 1 saturated carbocycles. The summed E-state index contributed by atoms with van der Waals surface area (Å²) in [7, 11) is 1.90. The highest BCUT2D eigenvalue weighted by molar-refractivity contribution is 7.10. The van der Waals surface area contributed by atoms with Gasteiger partial charge in [-0.15, -0.1) is 5.10 Å². The lowest BCUT2D eigenvalue weighted by atomic mass is 10.00. The Morgan fingerprint density at radius 1 is 1.47 bits per heavy atom. The Labute approximate surface area is 105 Å². The second kappa shape index (κ2) is 4.51. The molecule has 2 N–H and O–H groups in total. The van der Waals surface area contributed by atoms with Gasteiger partial charge in [-0.3, -0.25) is 4.90 Å². The fourth-order valence-corrected chi connectivity index (χ4v) is 3.69. The number of aliphatic hydroxyl groups is 1. The third-order valence-corrected chi connectivity index (χ3v) is 4.84. The van der Waals surface area contributed by atoms with Gasteiger partial charge in [-0.25, -0.2) is 0 Å². The minimum absolute atomic E-state index is 0.0812. The molecule has 0 bridgehead atoms. The zero-order valence-electron chi connectivity index (χ0n) is 9.96. The fraction of sp³-hybridized carbons (Fsp3) is 0.818. The molecule has 2 aliphatic rings. The van der Waals surface area contributed by atoms with E-state index in [2.05, 4.69) is 19.8 Å². The van der Waals surface area contributed by atoms with Gasteiger partial charge in [0.15, 0.2) is 0 Å². The van der Waals surface area contributed by atoms with Gasteiger partial charge in [-0.05, 0) is 18.8 Å². The molecule has 3 atom stereocenters. The maximum absolute atomic E-state index is 9.88. The van der Waals surface area contributed by atoms with Gasteiger partial charge >= 0.3 is 0 Å². The van der Waals surface area contributed by atoms with Gasteiger partial charge in [0.1, 0.15) is 10.7 Å². The molecule has 2 fully saturated rings. The molecule has 1 saturated heterocycles. The van der Waals surface area contributed by atoms with Gasteiger partial charge in [-0.1, -0.05) is 4.49 Å². The first-order valence-electron chi connectivity index (χ1n) is 6.17. The van der Waals surface area contributed by atoms with E-state index in [-0.39, 0.29) is 6.10 Å². The Morgan fingerprint density at radius 3 is 3.12 bits per heavy atom. The van der Waals surface area contributed by atoms with Crippen LogP contribution >= 0.6 is 11.5 Å². The number of anilines is 1. The van der Waals surface area contributed by atoms with Gasteiger partial charge in [0.2, 0.25) is 0 Å². The standard InChI is InChI=1S/C11H18N4OS/c1-12-11-9(13-14-17-11)6-15-4-7-2-3-10(16)8(7)5-15/h7-8,10,12,16H,2-6H2,1H3. The highest BCUT2D eigenvalue weighted by atomic mass is 32.1. The van der Waals surface area contributed by atoms with Crippen LogP contribution < -0.4 is 5.32 Å². The number of hydrogen-bond acceptors (Lipinski definition) is 6. The van der Waals surface area contributed by atoms with Crippen molar-refractivity contribution in [2.45, 2.75) is 25.5 Å². The van der Waals surface area contributed by atoms with E-state index in [0.717, 1.165) is 36.8 Å². The van der Waals surface area contributed by atoms with Crippen molar-refractivity contribution in [3.8, 4) is 0 Å². The lowest BCUT2D eigenvalue weighted by Gasteiger charge is -2.16. The first kappa shape index (κ1) is 11.4. The largest absolute Gasteiger partial charge is 0.393 e. The van der Waals surface area contributed by atoms with E-state index < -0.39 is 0 Å². The number of fused-ring (bicyclic) bond motifs is 1. The number of nitrogens with one attached hydrogen (secondary N) is 1. The van der Waals surface area contributed by atoms with Crippen molar-refractivity contribution < 1.29 is 5.11 Å². The van der Waals surface area contributed by atoms with Gasteiger partial charge in [-0.2, -0.15) is 0 Å². The number of nitrogens with zero attached hydrogens (tertiary/aromatic N) is 3. The molecule has 94 valence electrons. The molecular formula is C11H18N4OS. The molecule has 0 amide bonds. The molecule has 3 rings (SSSR count). The van der Waals surface area contributed by atoms with Crippen LogP contribution in [0.3, 0.4) is 0 Å². The second-order valence-electron chi connectivity index (χ2n) is 5.06. The summed E-state index contributed by atoms with van der Waals surface area (Å²) in [5.74, 6) is 1.18. The molecule has 1 aliphatic heterocycles. The molecule has 6 heteroatoms. The number of aliphatic hydroxyl groups excluding tert-OH is 1. The van der Waals surface area contributed by atoms with Crippen molar-refractivity contribution in [3.05, 3.63) is 5.69 Å². The van der Waals surface area contributed by atoms with E-state index in [1.54, 1.807) is 0 Å². The SMILES string of the molecule is CNc1snnc1CN1CC2CCC(O)C2C1. The molecule has 1 aliphatic carbocycles. The molecule has 0 aromatic carbocycles. The summed E-state index contributed by atoms with van der Waals surface area (Å²) < 4.78 is 3.98. The molecule has 1 aromatic heterocycles. The second-order valence-corrected chi connectivity index (χ2v) is 5.82. The number of rotatable bonds is 3. The lowest BCUT2D eigenvalue weighted by Crippen LogP contribution is -2.24. The number of aromatic nitrogens is 2. The maximum atomic E-state index is 9.88. The van der Waals surface area contributed by atoms with E-state index in [9.17, 15) is 5.11 Å². The molecule has 1 aromatic rings. The third kappa shape index (κ3) is 2.05. The van der Waals surface area contributed by atoms with Gasteiger partial charge in [0.05, 0.1) is 6.10 Å². The van der Waals surface area contributed by atoms with Crippen LogP contribution in [0.25, 0.3) is 0 Å². The van der Waals surface area contributed by atoms with Crippen LogP contribution in [0.2, 0.25) is 0 Å². The monoisotopic (exact) mass is 254 g/mol. The Morgan fingerprint density at radius 2 is 2.35 bits per heavy atom. The summed E-state index contributed by atoms with van der Waals surface area (Å²) in [5.41, 5.74) is 1.03. The molecule has 0 radical (unpaired) electrons. The van der Waals surface area contributed by atoms with Crippen LogP contribution in [0.4, 0.5) is 5.00 Å². The van der Waals surface area contributed by atoms with Gasteiger partial charge in [0, 0.05) is 44.1 Å². The molecular weight excluding hydrogens is 236 g/mol. The average Bonchev–Trinajstić information content (AvgIpc) is 2.98. The van der Waals surface area contributed by atoms with Crippen molar-refractivity contribution in [2.75, 3.05) is 25.5 Å². The molecule has 0 spiro atoms. The van der Waals surface area contributed by atoms with Crippen molar-refractivity contribution in [1.29, 1.82) is 0 Å². The van der Waals surface area contributed by atoms with Crippen LogP contribution in [0.15, 0.2) is 0 Å². The van der Waals surface area contributed by atoms with Crippen LogP contribution in [-0.2, 0) is 6.54 Å². The van der Waals surface area contributed by atoms with Crippen LogP contribution in [0.5, 0.6) is 0 Å². The fourth-order valence-electron chi connectivity index (χ4n) is 3.17. The van der Waals surface area contributed by atoms with Crippen molar-refractivity contribution >= 4 is 16.5 Å². The first-order chi connectivity index (χ1) is 8.28. The van der Waals surface area contributed by atoms with Crippen molar-refractivity contribution in [2.24, 2.45) is 11.8 Å². The third-order valence-electron chi connectivity index (χ3n) is 4.05. The topological polar surface area (TPSA) is 61.3 Å².